The number of rotatable bonds is 1. The van der Waals surface area contributed by atoms with Crippen molar-refractivity contribution in [1.29, 1.82) is 0 Å². The predicted molar refractivity (Wildman–Crippen MR) is 96.7 cm³/mol. The van der Waals surface area contributed by atoms with Gasteiger partial charge in [0, 0.05) is 27.2 Å². The van der Waals surface area contributed by atoms with E-state index < -0.39 is 5.54 Å². The van der Waals surface area contributed by atoms with Gasteiger partial charge in [-0.3, -0.25) is 19.9 Å². The standard InChI is InChI=1S/C18H20N6O2/c1-23(2)17-21-16(26)18(22-17)7-9-24(10-8-18)15(25)14-11-19-12-5-3-4-6-13(12)20-14/h3-6,11H,7-10H2,1-2H3,(H,21,22,26). The maximum absolute atomic E-state index is 12.8. The number of aliphatic imine (C=N–C) groups is 1. The van der Waals surface area contributed by atoms with Crippen LogP contribution in [0.1, 0.15) is 23.3 Å². The molecule has 2 aliphatic heterocycles. The van der Waals surface area contributed by atoms with Crippen molar-refractivity contribution in [2.24, 2.45) is 4.99 Å². The molecule has 1 fully saturated rings. The molecule has 0 bridgehead atoms. The van der Waals surface area contributed by atoms with Crippen molar-refractivity contribution < 1.29 is 9.59 Å². The Bertz CT molecular complexity index is 915. The van der Waals surface area contributed by atoms with Crippen molar-refractivity contribution in [2.75, 3.05) is 27.2 Å². The van der Waals surface area contributed by atoms with Crippen molar-refractivity contribution >= 4 is 28.8 Å². The van der Waals surface area contributed by atoms with Crippen LogP contribution in [0.4, 0.5) is 0 Å². The molecule has 134 valence electrons. The number of carbonyl (C=O) groups excluding carboxylic acids is 2. The molecule has 0 atom stereocenters. The molecule has 3 heterocycles. The maximum Gasteiger partial charge on any atom is 0.274 e. The minimum absolute atomic E-state index is 0.0844. The second-order valence-electron chi connectivity index (χ2n) is 6.85. The number of benzene rings is 1. The van der Waals surface area contributed by atoms with Gasteiger partial charge in [-0.2, -0.15) is 0 Å². The predicted octanol–water partition coefficient (Wildman–Crippen LogP) is 0.652. The third-order valence-corrected chi connectivity index (χ3v) is 4.94. The van der Waals surface area contributed by atoms with Crippen LogP contribution in [0.15, 0.2) is 35.5 Å². The molecule has 1 N–H and O–H groups in total. The van der Waals surface area contributed by atoms with Crippen LogP contribution in [0, 0.1) is 0 Å². The Kier molecular flexibility index (Phi) is 3.82. The fourth-order valence-electron chi connectivity index (χ4n) is 3.35. The normalized spacial score (nSPS) is 18.8. The number of hydrogen-bond acceptors (Lipinski definition) is 6. The zero-order chi connectivity index (χ0) is 18.3. The lowest BCUT2D eigenvalue weighted by atomic mass is 9.88. The highest BCUT2D eigenvalue weighted by molar-refractivity contribution is 6.07. The van der Waals surface area contributed by atoms with Crippen LogP contribution in [0.2, 0.25) is 0 Å². The summed E-state index contributed by atoms with van der Waals surface area (Å²) in [4.78, 5) is 42.0. The number of hydrogen-bond donors (Lipinski definition) is 1. The molecule has 0 aliphatic carbocycles. The Labute approximate surface area is 150 Å². The minimum Gasteiger partial charge on any atom is -0.349 e. The van der Waals surface area contributed by atoms with Crippen LogP contribution < -0.4 is 5.32 Å². The molecule has 26 heavy (non-hydrogen) atoms. The van der Waals surface area contributed by atoms with Crippen LogP contribution in [-0.2, 0) is 4.79 Å². The van der Waals surface area contributed by atoms with Gasteiger partial charge in [0.1, 0.15) is 11.2 Å². The van der Waals surface area contributed by atoms with Crippen molar-refractivity contribution in [3.05, 3.63) is 36.2 Å². The van der Waals surface area contributed by atoms with Gasteiger partial charge in [0.25, 0.3) is 11.8 Å². The highest BCUT2D eigenvalue weighted by Gasteiger charge is 2.47. The van der Waals surface area contributed by atoms with E-state index in [2.05, 4.69) is 20.3 Å². The van der Waals surface area contributed by atoms with Crippen LogP contribution >= 0.6 is 0 Å². The highest BCUT2D eigenvalue weighted by atomic mass is 16.2. The fraction of sp³-hybridized carbons (Fsp3) is 0.389. The van der Waals surface area contributed by atoms with E-state index >= 15 is 0 Å². The number of amides is 2. The van der Waals surface area contributed by atoms with Gasteiger partial charge in [-0.1, -0.05) is 12.1 Å². The fourth-order valence-corrected chi connectivity index (χ4v) is 3.35. The van der Waals surface area contributed by atoms with Crippen molar-refractivity contribution in [1.82, 2.24) is 25.1 Å². The van der Waals surface area contributed by atoms with E-state index in [9.17, 15) is 9.59 Å². The molecule has 8 heteroatoms. The summed E-state index contributed by atoms with van der Waals surface area (Å²) in [6.45, 7) is 0.927. The van der Waals surface area contributed by atoms with Crippen LogP contribution in [-0.4, -0.2) is 70.3 Å². The van der Waals surface area contributed by atoms with E-state index in [1.54, 1.807) is 9.80 Å². The second-order valence-corrected chi connectivity index (χ2v) is 6.85. The summed E-state index contributed by atoms with van der Waals surface area (Å²) in [5.41, 5.74) is 1.02. The first kappa shape index (κ1) is 16.4. The summed E-state index contributed by atoms with van der Waals surface area (Å²) in [7, 11) is 3.68. The van der Waals surface area contributed by atoms with Gasteiger partial charge in [-0.15, -0.1) is 0 Å². The third-order valence-electron chi connectivity index (χ3n) is 4.94. The zero-order valence-electron chi connectivity index (χ0n) is 14.8. The highest BCUT2D eigenvalue weighted by Crippen LogP contribution is 2.30. The average Bonchev–Trinajstić information content (AvgIpc) is 2.98. The summed E-state index contributed by atoms with van der Waals surface area (Å²) in [5, 5.41) is 2.82. The SMILES string of the molecule is CN(C)C1=NC2(CCN(C(=O)c3cnc4ccccc4n3)CC2)C(=O)N1. The van der Waals surface area contributed by atoms with Crippen molar-refractivity contribution in [3.63, 3.8) is 0 Å². The first-order valence-corrected chi connectivity index (χ1v) is 8.58. The molecule has 4 rings (SSSR count). The summed E-state index contributed by atoms with van der Waals surface area (Å²) < 4.78 is 0. The number of likely N-dealkylation sites (tertiary alicyclic amines) is 1. The van der Waals surface area contributed by atoms with E-state index in [4.69, 9.17) is 0 Å². The van der Waals surface area contributed by atoms with E-state index in [0.29, 0.717) is 43.1 Å². The monoisotopic (exact) mass is 352 g/mol. The van der Waals surface area contributed by atoms with Gasteiger partial charge >= 0.3 is 0 Å². The Hall–Kier alpha value is -3.03. The first-order chi connectivity index (χ1) is 12.5. The molecule has 1 aromatic carbocycles. The average molecular weight is 352 g/mol. The van der Waals surface area contributed by atoms with Crippen LogP contribution in [0.5, 0.6) is 0 Å². The van der Waals surface area contributed by atoms with Gasteiger partial charge in [0.15, 0.2) is 0 Å². The lowest BCUT2D eigenvalue weighted by molar-refractivity contribution is -0.125. The first-order valence-electron chi connectivity index (χ1n) is 8.58. The molecular formula is C18H20N6O2. The number of nitrogens with one attached hydrogen (secondary N) is 1. The second kappa shape index (κ2) is 6.05. The Morgan fingerprint density at radius 1 is 1.19 bits per heavy atom. The number of nitrogens with zero attached hydrogens (tertiary/aromatic N) is 5. The van der Waals surface area contributed by atoms with E-state index in [1.165, 1.54) is 6.20 Å². The lowest BCUT2D eigenvalue weighted by Crippen LogP contribution is -2.50. The molecule has 2 aromatic rings. The number of carbonyl (C=O) groups is 2. The summed E-state index contributed by atoms with van der Waals surface area (Å²) in [5.74, 6) is 0.335. The minimum atomic E-state index is -0.758. The molecule has 0 radical (unpaired) electrons. The largest absolute Gasteiger partial charge is 0.349 e. The Morgan fingerprint density at radius 2 is 1.88 bits per heavy atom. The molecule has 1 aromatic heterocycles. The molecule has 8 nitrogen and oxygen atoms in total. The van der Waals surface area contributed by atoms with Gasteiger partial charge in [-0.05, 0) is 25.0 Å². The molecule has 2 amide bonds. The topological polar surface area (TPSA) is 90.8 Å². The van der Waals surface area contributed by atoms with Crippen molar-refractivity contribution in [2.45, 2.75) is 18.4 Å². The summed E-state index contributed by atoms with van der Waals surface area (Å²) in [6.07, 6.45) is 2.52. The number of fused-ring (bicyclic) bond motifs is 1. The number of piperidine rings is 1. The van der Waals surface area contributed by atoms with E-state index in [1.807, 2.05) is 38.4 Å². The molecule has 0 unspecified atom stereocenters. The van der Waals surface area contributed by atoms with Crippen LogP contribution in [0.25, 0.3) is 11.0 Å². The van der Waals surface area contributed by atoms with Crippen molar-refractivity contribution in [3.8, 4) is 0 Å². The molecule has 1 spiro atoms. The molecular weight excluding hydrogens is 332 g/mol. The lowest BCUT2D eigenvalue weighted by Gasteiger charge is -2.35. The van der Waals surface area contributed by atoms with Crippen LogP contribution in [0.3, 0.4) is 0 Å². The maximum atomic E-state index is 12.8. The molecule has 0 saturated carbocycles. The zero-order valence-corrected chi connectivity index (χ0v) is 14.8. The number of aromatic nitrogens is 2. The van der Waals surface area contributed by atoms with Gasteiger partial charge < -0.3 is 9.80 Å². The number of guanidine groups is 1. The quantitative estimate of drug-likeness (QED) is 0.814. The Morgan fingerprint density at radius 3 is 2.54 bits per heavy atom. The Balaban J connectivity index is 1.50. The van der Waals surface area contributed by atoms with Gasteiger partial charge in [0.05, 0.1) is 17.2 Å². The number of para-hydroxylation sites is 2. The molecule has 2 aliphatic rings. The molecule has 1 saturated heterocycles. The smallest absolute Gasteiger partial charge is 0.274 e. The van der Waals surface area contributed by atoms with E-state index in [0.717, 1.165) is 5.52 Å². The van der Waals surface area contributed by atoms with Gasteiger partial charge in [0.2, 0.25) is 5.96 Å². The third kappa shape index (κ3) is 2.67. The summed E-state index contributed by atoms with van der Waals surface area (Å²) in [6, 6.07) is 7.46. The summed E-state index contributed by atoms with van der Waals surface area (Å²) >= 11 is 0. The van der Waals surface area contributed by atoms with E-state index in [-0.39, 0.29) is 11.8 Å². The van der Waals surface area contributed by atoms with Gasteiger partial charge in [-0.25, -0.2) is 9.98 Å².